The normalized spacial score (nSPS) is 22.5. The fraction of sp³-hybridized carbons (Fsp3) is 0.538. The summed E-state index contributed by atoms with van der Waals surface area (Å²) in [7, 11) is 0. The number of nitrogens with two attached hydrogens (primary N) is 1. The van der Waals surface area contributed by atoms with E-state index < -0.39 is 0 Å². The molecule has 2 rings (SSSR count). The molecule has 3 nitrogen and oxygen atoms in total. The Hall–Kier alpha value is -0.970. The molecule has 0 spiro atoms. The summed E-state index contributed by atoms with van der Waals surface area (Å²) in [5.74, 6) is -0.165. The van der Waals surface area contributed by atoms with Gasteiger partial charge in [-0.3, -0.25) is 0 Å². The van der Waals surface area contributed by atoms with E-state index in [-0.39, 0.29) is 18.0 Å². The second kappa shape index (κ2) is 5.12. The molecule has 17 heavy (non-hydrogen) atoms. The van der Waals surface area contributed by atoms with Crippen LogP contribution in [0.15, 0.2) is 12.1 Å². The van der Waals surface area contributed by atoms with Crippen molar-refractivity contribution in [2.75, 3.05) is 19.8 Å². The number of halogens is 1. The van der Waals surface area contributed by atoms with Gasteiger partial charge in [0.1, 0.15) is 11.9 Å². The molecule has 94 valence electrons. The molecule has 1 aliphatic heterocycles. The maximum absolute atomic E-state index is 13.5. The van der Waals surface area contributed by atoms with Crippen LogP contribution in [-0.4, -0.2) is 25.9 Å². The third-order valence-electron chi connectivity index (χ3n) is 3.09. The van der Waals surface area contributed by atoms with Crippen molar-refractivity contribution >= 4 is 0 Å². The minimum atomic E-state index is -0.270. The van der Waals surface area contributed by atoms with Crippen LogP contribution in [0.3, 0.4) is 0 Å². The van der Waals surface area contributed by atoms with Gasteiger partial charge in [0.15, 0.2) is 0 Å². The molecule has 0 aromatic heterocycles. The Bertz CT molecular complexity index is 379. The van der Waals surface area contributed by atoms with E-state index in [9.17, 15) is 4.39 Å². The zero-order valence-electron chi connectivity index (χ0n) is 10.2. The summed E-state index contributed by atoms with van der Waals surface area (Å²) in [6.07, 6.45) is -0.145. The van der Waals surface area contributed by atoms with Gasteiger partial charge < -0.3 is 15.2 Å². The minimum Gasteiger partial charge on any atom is -0.376 e. The Kier molecular flexibility index (Phi) is 3.76. The maximum atomic E-state index is 13.5. The van der Waals surface area contributed by atoms with Crippen LogP contribution in [0.4, 0.5) is 4.39 Å². The first-order valence-electron chi connectivity index (χ1n) is 5.81. The largest absolute Gasteiger partial charge is 0.376 e. The van der Waals surface area contributed by atoms with Gasteiger partial charge in [-0.15, -0.1) is 0 Å². The molecule has 2 N–H and O–H groups in total. The van der Waals surface area contributed by atoms with E-state index in [1.807, 2.05) is 0 Å². The van der Waals surface area contributed by atoms with Crippen LogP contribution in [0.1, 0.15) is 22.7 Å². The summed E-state index contributed by atoms with van der Waals surface area (Å²) < 4.78 is 24.4. The molecular weight excluding hydrogens is 221 g/mol. The summed E-state index contributed by atoms with van der Waals surface area (Å²) in [6, 6.07) is 3.30. The quantitative estimate of drug-likeness (QED) is 0.856. The van der Waals surface area contributed by atoms with Gasteiger partial charge in [0, 0.05) is 0 Å². The molecule has 1 aromatic carbocycles. The van der Waals surface area contributed by atoms with Crippen molar-refractivity contribution < 1.29 is 13.9 Å². The summed E-state index contributed by atoms with van der Waals surface area (Å²) in [4.78, 5) is 0. The summed E-state index contributed by atoms with van der Waals surface area (Å²) in [5.41, 5.74) is 8.27. The fourth-order valence-corrected chi connectivity index (χ4v) is 2.10. The first-order chi connectivity index (χ1) is 8.09. The summed E-state index contributed by atoms with van der Waals surface area (Å²) >= 11 is 0. The predicted molar refractivity (Wildman–Crippen MR) is 63.4 cm³/mol. The van der Waals surface area contributed by atoms with Crippen LogP contribution in [0.5, 0.6) is 0 Å². The van der Waals surface area contributed by atoms with Gasteiger partial charge >= 0.3 is 0 Å². The third-order valence-corrected chi connectivity index (χ3v) is 3.09. The zero-order valence-corrected chi connectivity index (χ0v) is 10.2. The van der Waals surface area contributed by atoms with Crippen molar-refractivity contribution in [3.63, 3.8) is 0 Å². The molecule has 0 amide bonds. The number of ether oxygens (including phenoxy) is 2. The molecular formula is C13H18FNO2. The molecule has 1 heterocycles. The van der Waals surface area contributed by atoms with Gasteiger partial charge in [-0.2, -0.15) is 0 Å². The highest BCUT2D eigenvalue weighted by atomic mass is 19.1. The molecule has 0 aliphatic carbocycles. The van der Waals surface area contributed by atoms with Gasteiger partial charge in [-0.05, 0) is 30.5 Å². The fourth-order valence-electron chi connectivity index (χ4n) is 2.10. The zero-order chi connectivity index (χ0) is 12.4. The maximum Gasteiger partial charge on any atom is 0.129 e. The molecule has 2 atom stereocenters. The molecule has 2 unspecified atom stereocenters. The van der Waals surface area contributed by atoms with Crippen molar-refractivity contribution in [3.8, 4) is 0 Å². The molecule has 1 saturated heterocycles. The average molecular weight is 239 g/mol. The molecule has 1 fully saturated rings. The first-order valence-corrected chi connectivity index (χ1v) is 5.81. The molecule has 0 radical (unpaired) electrons. The monoisotopic (exact) mass is 239 g/mol. The van der Waals surface area contributed by atoms with Crippen molar-refractivity contribution in [2.45, 2.75) is 26.0 Å². The van der Waals surface area contributed by atoms with Gasteiger partial charge in [0.25, 0.3) is 0 Å². The average Bonchev–Trinajstić information content (AvgIpc) is 2.35. The third kappa shape index (κ3) is 2.65. The molecule has 0 bridgehead atoms. The number of hydrogen-bond acceptors (Lipinski definition) is 3. The molecule has 4 heteroatoms. The number of aryl methyl sites for hydroxylation is 2. The number of rotatable bonds is 2. The Morgan fingerprint density at radius 2 is 1.94 bits per heavy atom. The molecule has 0 saturated carbocycles. The molecule has 1 aromatic rings. The molecule has 1 aliphatic rings. The summed E-state index contributed by atoms with van der Waals surface area (Å²) in [5, 5.41) is 0. The van der Waals surface area contributed by atoms with E-state index in [2.05, 4.69) is 0 Å². The number of benzene rings is 1. The minimum absolute atomic E-state index is 0.145. The second-order valence-electron chi connectivity index (χ2n) is 4.48. The topological polar surface area (TPSA) is 44.5 Å². The first kappa shape index (κ1) is 12.5. The van der Waals surface area contributed by atoms with Gasteiger partial charge in [0.05, 0.1) is 25.9 Å². The highest BCUT2D eigenvalue weighted by Crippen LogP contribution is 2.23. The van der Waals surface area contributed by atoms with Gasteiger partial charge in [-0.1, -0.05) is 12.1 Å². The highest BCUT2D eigenvalue weighted by molar-refractivity contribution is 5.32. The van der Waals surface area contributed by atoms with Crippen LogP contribution in [0.25, 0.3) is 0 Å². The van der Waals surface area contributed by atoms with E-state index >= 15 is 0 Å². The van der Waals surface area contributed by atoms with Crippen LogP contribution in [0.2, 0.25) is 0 Å². The van der Waals surface area contributed by atoms with E-state index in [4.69, 9.17) is 15.2 Å². The van der Waals surface area contributed by atoms with Crippen LogP contribution in [-0.2, 0) is 9.47 Å². The Morgan fingerprint density at radius 1 is 1.29 bits per heavy atom. The highest BCUT2D eigenvalue weighted by Gasteiger charge is 2.24. The second-order valence-corrected chi connectivity index (χ2v) is 4.48. The Balaban J connectivity index is 2.21. The van der Waals surface area contributed by atoms with Gasteiger partial charge in [0.2, 0.25) is 0 Å². The van der Waals surface area contributed by atoms with E-state index in [0.29, 0.717) is 30.9 Å². The lowest BCUT2D eigenvalue weighted by Crippen LogP contribution is -2.37. The number of hydrogen-bond donors (Lipinski definition) is 1. The predicted octanol–water partition coefficient (Wildman–Crippen LogP) is 1.86. The standard InChI is InChI=1S/C13H18FNO2/c1-8-5-10(6-9(2)12(8)14)13(15)11-7-16-3-4-17-11/h5-6,11,13H,3-4,7,15H2,1-2H3. The van der Waals surface area contributed by atoms with Crippen molar-refractivity contribution in [1.82, 2.24) is 0 Å². The SMILES string of the molecule is Cc1cc(C(N)C2COCCO2)cc(C)c1F. The van der Waals surface area contributed by atoms with E-state index in [1.54, 1.807) is 26.0 Å². The van der Waals surface area contributed by atoms with E-state index in [1.165, 1.54) is 0 Å². The Labute approximate surface area is 101 Å². The lowest BCUT2D eigenvalue weighted by Gasteiger charge is -2.28. The van der Waals surface area contributed by atoms with E-state index in [0.717, 1.165) is 5.56 Å². The van der Waals surface area contributed by atoms with Crippen LogP contribution >= 0.6 is 0 Å². The van der Waals surface area contributed by atoms with Crippen molar-refractivity contribution in [3.05, 3.63) is 34.6 Å². The van der Waals surface area contributed by atoms with Gasteiger partial charge in [-0.25, -0.2) is 4.39 Å². The lowest BCUT2D eigenvalue weighted by molar-refractivity contribution is -0.0975. The van der Waals surface area contributed by atoms with Crippen molar-refractivity contribution in [2.24, 2.45) is 5.73 Å². The summed E-state index contributed by atoms with van der Waals surface area (Å²) in [6.45, 7) is 5.17. The lowest BCUT2D eigenvalue weighted by atomic mass is 9.97. The van der Waals surface area contributed by atoms with Crippen LogP contribution < -0.4 is 5.73 Å². The van der Waals surface area contributed by atoms with Crippen LogP contribution in [0, 0.1) is 19.7 Å². The smallest absolute Gasteiger partial charge is 0.129 e. The Morgan fingerprint density at radius 3 is 2.47 bits per heavy atom. The van der Waals surface area contributed by atoms with Crippen molar-refractivity contribution in [1.29, 1.82) is 0 Å².